The van der Waals surface area contributed by atoms with Crippen molar-refractivity contribution in [3.8, 4) is 0 Å². The summed E-state index contributed by atoms with van der Waals surface area (Å²) in [6, 6.07) is 0. The van der Waals surface area contributed by atoms with Crippen molar-refractivity contribution in [2.75, 3.05) is 20.3 Å². The zero-order valence-corrected chi connectivity index (χ0v) is 9.54. The first-order valence-corrected chi connectivity index (χ1v) is 5.31. The largest absolute Gasteiger partial charge is 0.465 e. The number of methoxy groups -OCH3 is 1. The zero-order valence-electron chi connectivity index (χ0n) is 9.54. The molecule has 3 nitrogen and oxygen atoms in total. The highest BCUT2D eigenvalue weighted by atomic mass is 16.5. The molecule has 0 bridgehead atoms. The van der Waals surface area contributed by atoms with Crippen molar-refractivity contribution in [3.05, 3.63) is 0 Å². The second-order valence-corrected chi connectivity index (χ2v) is 3.88. The Hall–Kier alpha value is -0.570. The van der Waals surface area contributed by atoms with Crippen LogP contribution in [0.3, 0.4) is 0 Å². The van der Waals surface area contributed by atoms with E-state index >= 15 is 0 Å². The smallest absolute Gasteiger partial charge is 0.305 e. The molecule has 14 heavy (non-hydrogen) atoms. The molecule has 84 valence electrons. The summed E-state index contributed by atoms with van der Waals surface area (Å²) in [5, 5.41) is 0. The maximum atomic E-state index is 11.1. The Labute approximate surface area is 86.8 Å². The number of carbonyl (C=O) groups excluding carboxylic acids is 1. The second-order valence-electron chi connectivity index (χ2n) is 3.88. The van der Waals surface area contributed by atoms with Gasteiger partial charge in [-0.15, -0.1) is 0 Å². The average Bonchev–Trinajstić information content (AvgIpc) is 2.14. The van der Waals surface area contributed by atoms with Gasteiger partial charge in [0.1, 0.15) is 0 Å². The minimum absolute atomic E-state index is 0.0730. The highest BCUT2D eigenvalue weighted by Crippen LogP contribution is 2.02. The van der Waals surface area contributed by atoms with E-state index in [-0.39, 0.29) is 5.97 Å². The van der Waals surface area contributed by atoms with Gasteiger partial charge in [0.25, 0.3) is 0 Å². The lowest BCUT2D eigenvalue weighted by atomic mass is 10.2. The van der Waals surface area contributed by atoms with Crippen LogP contribution in [0.15, 0.2) is 0 Å². The van der Waals surface area contributed by atoms with Crippen LogP contribution in [0.1, 0.15) is 39.5 Å². The van der Waals surface area contributed by atoms with Crippen molar-refractivity contribution in [3.63, 3.8) is 0 Å². The quantitative estimate of drug-likeness (QED) is 0.448. The van der Waals surface area contributed by atoms with Gasteiger partial charge in [0.05, 0.1) is 6.61 Å². The summed E-state index contributed by atoms with van der Waals surface area (Å²) in [6.45, 7) is 5.38. The highest BCUT2D eigenvalue weighted by molar-refractivity contribution is 5.69. The fraction of sp³-hybridized carbons (Fsp3) is 0.909. The fourth-order valence-electron chi connectivity index (χ4n) is 1.02. The average molecular weight is 202 g/mol. The number of hydrogen-bond donors (Lipinski definition) is 0. The van der Waals surface area contributed by atoms with Gasteiger partial charge >= 0.3 is 5.97 Å². The molecule has 0 atom stereocenters. The van der Waals surface area contributed by atoms with E-state index in [9.17, 15) is 4.79 Å². The molecule has 0 aromatic rings. The molecule has 0 rings (SSSR count). The monoisotopic (exact) mass is 202 g/mol. The maximum Gasteiger partial charge on any atom is 0.305 e. The number of rotatable bonds is 8. The normalized spacial score (nSPS) is 10.6. The summed E-state index contributed by atoms with van der Waals surface area (Å²) >= 11 is 0. The van der Waals surface area contributed by atoms with Crippen LogP contribution in [-0.2, 0) is 14.3 Å². The van der Waals surface area contributed by atoms with E-state index in [2.05, 4.69) is 0 Å². The van der Waals surface area contributed by atoms with E-state index in [0.717, 1.165) is 25.9 Å². The van der Waals surface area contributed by atoms with Gasteiger partial charge in [-0.2, -0.15) is 0 Å². The first-order chi connectivity index (χ1) is 6.66. The number of esters is 1. The van der Waals surface area contributed by atoms with Crippen LogP contribution in [0, 0.1) is 5.92 Å². The minimum Gasteiger partial charge on any atom is -0.465 e. The van der Waals surface area contributed by atoms with Crippen LogP contribution < -0.4 is 0 Å². The summed E-state index contributed by atoms with van der Waals surface area (Å²) < 4.78 is 9.95. The zero-order chi connectivity index (χ0) is 10.8. The van der Waals surface area contributed by atoms with Gasteiger partial charge in [0.2, 0.25) is 0 Å². The number of unbranched alkanes of at least 4 members (excludes halogenated alkanes) is 2. The first kappa shape index (κ1) is 13.4. The third kappa shape index (κ3) is 9.52. The summed E-state index contributed by atoms with van der Waals surface area (Å²) in [5.74, 6) is 0.351. The maximum absolute atomic E-state index is 11.1. The third-order valence-electron chi connectivity index (χ3n) is 1.81. The standard InChI is InChI=1S/C11H22O3/c1-10(2)9-14-11(12)7-5-4-6-8-13-3/h10H,4-9H2,1-3H3. The van der Waals surface area contributed by atoms with E-state index in [0.29, 0.717) is 18.9 Å². The minimum atomic E-state index is -0.0730. The Kier molecular flexibility index (Phi) is 8.64. The molecule has 0 aromatic carbocycles. The predicted octanol–water partition coefficient (Wildman–Crippen LogP) is 2.39. The lowest BCUT2D eigenvalue weighted by Crippen LogP contribution is -2.09. The molecule has 0 N–H and O–H groups in total. The van der Waals surface area contributed by atoms with Crippen molar-refractivity contribution in [2.45, 2.75) is 39.5 Å². The molecule has 0 aliphatic rings. The summed E-state index contributed by atoms with van der Waals surface area (Å²) in [6.07, 6.45) is 3.50. The first-order valence-electron chi connectivity index (χ1n) is 5.31. The molecule has 0 aliphatic heterocycles. The Morgan fingerprint density at radius 3 is 2.50 bits per heavy atom. The van der Waals surface area contributed by atoms with Crippen LogP contribution in [0.2, 0.25) is 0 Å². The van der Waals surface area contributed by atoms with Gasteiger partial charge < -0.3 is 9.47 Å². The number of ether oxygens (including phenoxy) is 2. The van der Waals surface area contributed by atoms with Crippen molar-refractivity contribution < 1.29 is 14.3 Å². The van der Waals surface area contributed by atoms with E-state index in [1.165, 1.54) is 0 Å². The van der Waals surface area contributed by atoms with E-state index in [4.69, 9.17) is 9.47 Å². The lowest BCUT2D eigenvalue weighted by molar-refractivity contribution is -0.144. The molecule has 0 fully saturated rings. The molecule has 0 saturated heterocycles. The Morgan fingerprint density at radius 1 is 1.21 bits per heavy atom. The van der Waals surface area contributed by atoms with Crippen LogP contribution in [0.5, 0.6) is 0 Å². The van der Waals surface area contributed by atoms with Crippen molar-refractivity contribution in [1.29, 1.82) is 0 Å². The number of carbonyl (C=O) groups is 1. The van der Waals surface area contributed by atoms with E-state index in [1.807, 2.05) is 13.8 Å². The van der Waals surface area contributed by atoms with Gasteiger partial charge in [0, 0.05) is 20.1 Å². The summed E-state index contributed by atoms with van der Waals surface area (Å²) in [5.41, 5.74) is 0. The highest BCUT2D eigenvalue weighted by Gasteiger charge is 2.03. The van der Waals surface area contributed by atoms with Crippen molar-refractivity contribution in [2.24, 2.45) is 5.92 Å². The molecular formula is C11H22O3. The summed E-state index contributed by atoms with van der Waals surface area (Å²) in [4.78, 5) is 11.1. The Balaban J connectivity index is 3.18. The third-order valence-corrected chi connectivity index (χ3v) is 1.81. The van der Waals surface area contributed by atoms with Gasteiger partial charge in [-0.1, -0.05) is 20.3 Å². The van der Waals surface area contributed by atoms with E-state index < -0.39 is 0 Å². The Bertz CT molecular complexity index is 143. The van der Waals surface area contributed by atoms with Crippen molar-refractivity contribution in [1.82, 2.24) is 0 Å². The molecule has 0 aromatic heterocycles. The van der Waals surface area contributed by atoms with Gasteiger partial charge in [-0.3, -0.25) is 4.79 Å². The lowest BCUT2D eigenvalue weighted by Gasteiger charge is -2.06. The topological polar surface area (TPSA) is 35.5 Å². The van der Waals surface area contributed by atoms with Gasteiger partial charge in [0.15, 0.2) is 0 Å². The van der Waals surface area contributed by atoms with Gasteiger partial charge in [-0.25, -0.2) is 0 Å². The molecule has 3 heteroatoms. The molecule has 0 aliphatic carbocycles. The number of hydrogen-bond acceptors (Lipinski definition) is 3. The Morgan fingerprint density at radius 2 is 1.93 bits per heavy atom. The SMILES string of the molecule is COCCCCCC(=O)OCC(C)C. The van der Waals surface area contributed by atoms with Crippen LogP contribution in [0.4, 0.5) is 0 Å². The predicted molar refractivity (Wildman–Crippen MR) is 56.1 cm³/mol. The van der Waals surface area contributed by atoms with Crippen LogP contribution in [-0.4, -0.2) is 26.3 Å². The molecule has 0 amide bonds. The van der Waals surface area contributed by atoms with Crippen molar-refractivity contribution >= 4 is 5.97 Å². The van der Waals surface area contributed by atoms with Gasteiger partial charge in [-0.05, 0) is 18.8 Å². The fourth-order valence-corrected chi connectivity index (χ4v) is 1.02. The molecule has 0 radical (unpaired) electrons. The molecule has 0 spiro atoms. The molecule has 0 heterocycles. The summed E-state index contributed by atoms with van der Waals surface area (Å²) in [7, 11) is 1.69. The van der Waals surface area contributed by atoms with Crippen LogP contribution in [0.25, 0.3) is 0 Å². The van der Waals surface area contributed by atoms with E-state index in [1.54, 1.807) is 7.11 Å². The molecule has 0 unspecified atom stereocenters. The molecule has 0 saturated carbocycles. The molecular weight excluding hydrogens is 180 g/mol. The van der Waals surface area contributed by atoms with Crippen LogP contribution >= 0.6 is 0 Å². The second kappa shape index (κ2) is 9.00.